The van der Waals surface area contributed by atoms with Crippen LogP contribution in [0.15, 0.2) is 47.5 Å². The summed E-state index contributed by atoms with van der Waals surface area (Å²) in [5.74, 6) is -0.947. The predicted molar refractivity (Wildman–Crippen MR) is 139 cm³/mol. The number of carbonyl (C=O) groups is 1. The van der Waals surface area contributed by atoms with Gasteiger partial charge in [0.15, 0.2) is 15.6 Å². The number of carbonyl (C=O) groups excluding carboxylic acids is 1. The van der Waals surface area contributed by atoms with E-state index < -0.39 is 31.7 Å². The lowest BCUT2D eigenvalue weighted by Gasteiger charge is -2.26. The average molecular weight is 514 g/mol. The van der Waals surface area contributed by atoms with Gasteiger partial charge in [-0.25, -0.2) is 17.8 Å². The normalized spacial score (nSPS) is 15.8. The molecule has 4 rings (SSSR count). The molecule has 0 N–H and O–H groups in total. The van der Waals surface area contributed by atoms with E-state index in [2.05, 4.69) is 16.9 Å². The van der Waals surface area contributed by atoms with E-state index in [1.807, 2.05) is 24.3 Å². The van der Waals surface area contributed by atoms with Crippen LogP contribution < -0.4 is 5.56 Å². The van der Waals surface area contributed by atoms with Crippen LogP contribution in [0.4, 0.5) is 4.39 Å². The number of benzene rings is 2. The van der Waals surface area contributed by atoms with Gasteiger partial charge in [-0.15, -0.1) is 0 Å². The van der Waals surface area contributed by atoms with Gasteiger partial charge in [0.1, 0.15) is 10.6 Å². The Morgan fingerprint density at radius 3 is 2.47 bits per heavy atom. The molecule has 1 atom stereocenters. The van der Waals surface area contributed by atoms with E-state index in [0.29, 0.717) is 22.7 Å². The Morgan fingerprint density at radius 1 is 1.22 bits per heavy atom. The maximum atomic E-state index is 15.1. The highest BCUT2D eigenvalue weighted by Gasteiger charge is 2.41. The van der Waals surface area contributed by atoms with Gasteiger partial charge in [-0.3, -0.25) is 19.1 Å². The van der Waals surface area contributed by atoms with Crippen molar-refractivity contribution < 1.29 is 17.6 Å². The molecule has 1 aliphatic carbocycles. The second kappa shape index (κ2) is 9.86. The fourth-order valence-corrected chi connectivity index (χ4v) is 5.54. The van der Waals surface area contributed by atoms with Gasteiger partial charge < -0.3 is 0 Å². The maximum Gasteiger partial charge on any atom is 0.261 e. The lowest BCUT2D eigenvalue weighted by Crippen LogP contribution is -2.44. The largest absolute Gasteiger partial charge is 0.299 e. The third kappa shape index (κ3) is 5.13. The zero-order valence-corrected chi connectivity index (χ0v) is 21.9. The highest BCUT2D eigenvalue weighted by molar-refractivity contribution is 7.92. The smallest absolute Gasteiger partial charge is 0.261 e. The Labute approximate surface area is 210 Å². The molecule has 0 spiro atoms. The summed E-state index contributed by atoms with van der Waals surface area (Å²) in [6.45, 7) is 3.80. The molecule has 192 valence electrons. The zero-order valence-electron chi connectivity index (χ0n) is 21.1. The van der Waals surface area contributed by atoms with Crippen molar-refractivity contribution in [1.82, 2.24) is 14.5 Å². The van der Waals surface area contributed by atoms with Crippen LogP contribution in [0.5, 0.6) is 0 Å². The van der Waals surface area contributed by atoms with Crippen LogP contribution in [0.1, 0.15) is 45.1 Å². The maximum absolute atomic E-state index is 15.1. The van der Waals surface area contributed by atoms with E-state index in [0.717, 1.165) is 18.4 Å². The predicted octanol–water partition coefficient (Wildman–Crippen LogP) is 3.97. The molecule has 9 heteroatoms. The molecule has 1 fully saturated rings. The summed E-state index contributed by atoms with van der Waals surface area (Å²) in [5, 5.41) is 0.101. The lowest BCUT2D eigenvalue weighted by molar-refractivity contribution is -0.121. The van der Waals surface area contributed by atoms with E-state index in [4.69, 9.17) is 0 Å². The van der Waals surface area contributed by atoms with Crippen molar-refractivity contribution in [2.24, 2.45) is 0 Å². The summed E-state index contributed by atoms with van der Waals surface area (Å²) in [6, 6.07) is 11.1. The monoisotopic (exact) mass is 513 g/mol. The first-order chi connectivity index (χ1) is 16.9. The molecular formula is C27H32FN3O4S. The van der Waals surface area contributed by atoms with E-state index in [-0.39, 0.29) is 24.8 Å². The van der Waals surface area contributed by atoms with Crippen molar-refractivity contribution in [3.8, 4) is 11.1 Å². The van der Waals surface area contributed by atoms with E-state index in [9.17, 15) is 18.0 Å². The Kier molecular flexibility index (Phi) is 7.16. The quantitative estimate of drug-likeness (QED) is 0.408. The number of sulfone groups is 1. The van der Waals surface area contributed by atoms with Crippen molar-refractivity contribution in [2.45, 2.75) is 63.4 Å². The molecule has 2 aromatic carbocycles. The SMILES string of the molecule is CCC(=O)[C@@](C)(CCn1cnc2cc(-c3ccc(CN(C)C4CC4)cc3)c(F)cc2c1=O)S(C)(=O)=O. The molecule has 1 aliphatic rings. The van der Waals surface area contributed by atoms with Gasteiger partial charge >= 0.3 is 0 Å². The molecule has 3 aromatic rings. The number of nitrogens with zero attached hydrogens (tertiary/aromatic N) is 3. The highest BCUT2D eigenvalue weighted by atomic mass is 32.2. The number of rotatable bonds is 10. The first kappa shape index (κ1) is 26.2. The van der Waals surface area contributed by atoms with Gasteiger partial charge in [-0.05, 0) is 56.5 Å². The number of halogens is 1. The number of ketones is 1. The minimum absolute atomic E-state index is 0.0305. The number of hydrogen-bond donors (Lipinski definition) is 0. The van der Waals surface area contributed by atoms with Crippen LogP contribution in [0, 0.1) is 5.82 Å². The fourth-order valence-electron chi connectivity index (χ4n) is 4.52. The number of Topliss-reactive ketones (excluding diaryl/α,β-unsaturated/α-hetero) is 1. The molecule has 0 aliphatic heterocycles. The Morgan fingerprint density at radius 2 is 1.89 bits per heavy atom. The van der Waals surface area contributed by atoms with Crippen LogP contribution >= 0.6 is 0 Å². The first-order valence-corrected chi connectivity index (χ1v) is 14.0. The average Bonchev–Trinajstić information content (AvgIpc) is 3.68. The first-order valence-electron chi connectivity index (χ1n) is 12.2. The van der Waals surface area contributed by atoms with Crippen LogP contribution in [0.25, 0.3) is 22.0 Å². The topological polar surface area (TPSA) is 89.3 Å². The summed E-state index contributed by atoms with van der Waals surface area (Å²) < 4.78 is 39.4. The molecular weight excluding hydrogens is 481 g/mol. The summed E-state index contributed by atoms with van der Waals surface area (Å²) in [7, 11) is -1.60. The van der Waals surface area contributed by atoms with Crippen molar-refractivity contribution in [1.29, 1.82) is 0 Å². The standard InChI is InChI=1S/C27H32FN3O4S/c1-5-25(32)27(2,36(4,34)35)12-13-31-17-29-24-15-21(23(28)14-22(24)26(31)33)19-8-6-18(7-9-19)16-30(3)20-10-11-20/h6-9,14-15,17,20H,5,10-13,16H2,1-4H3/t27-/m1/s1. The molecule has 0 amide bonds. The van der Waals surface area contributed by atoms with Crippen LogP contribution in [-0.2, 0) is 27.7 Å². The number of aromatic nitrogens is 2. The number of hydrogen-bond acceptors (Lipinski definition) is 6. The van der Waals surface area contributed by atoms with E-state index in [1.54, 1.807) is 13.0 Å². The van der Waals surface area contributed by atoms with Crippen molar-refractivity contribution in [3.63, 3.8) is 0 Å². The van der Waals surface area contributed by atoms with Gasteiger partial charge in [-0.2, -0.15) is 0 Å². The third-order valence-electron chi connectivity index (χ3n) is 7.34. The molecule has 1 saturated carbocycles. The number of aryl methyl sites for hydroxylation is 1. The second-order valence-electron chi connectivity index (χ2n) is 9.97. The summed E-state index contributed by atoms with van der Waals surface area (Å²) in [4.78, 5) is 32.1. The molecule has 0 saturated heterocycles. The van der Waals surface area contributed by atoms with Crippen LogP contribution in [0.3, 0.4) is 0 Å². The third-order valence-corrected chi connectivity index (χ3v) is 9.41. The molecule has 0 bridgehead atoms. The number of fused-ring (bicyclic) bond motifs is 1. The van der Waals surface area contributed by atoms with Crippen molar-refractivity contribution in [3.05, 3.63) is 64.5 Å². The van der Waals surface area contributed by atoms with Gasteiger partial charge in [0.2, 0.25) is 0 Å². The van der Waals surface area contributed by atoms with Gasteiger partial charge in [-0.1, -0.05) is 31.2 Å². The Hall–Kier alpha value is -2.91. The molecule has 1 heterocycles. The van der Waals surface area contributed by atoms with E-state index in [1.165, 1.54) is 36.7 Å². The Bertz CT molecular complexity index is 1460. The molecule has 7 nitrogen and oxygen atoms in total. The molecule has 0 radical (unpaired) electrons. The minimum Gasteiger partial charge on any atom is -0.299 e. The fraction of sp³-hybridized carbons (Fsp3) is 0.444. The summed E-state index contributed by atoms with van der Waals surface area (Å²) in [6.07, 6.45) is 4.81. The molecule has 0 unspecified atom stereocenters. The summed E-state index contributed by atoms with van der Waals surface area (Å²) in [5.41, 5.74) is 2.06. The van der Waals surface area contributed by atoms with Crippen molar-refractivity contribution in [2.75, 3.05) is 13.3 Å². The van der Waals surface area contributed by atoms with E-state index >= 15 is 4.39 Å². The van der Waals surface area contributed by atoms with Gasteiger partial charge in [0, 0.05) is 37.4 Å². The zero-order chi connectivity index (χ0) is 26.3. The lowest BCUT2D eigenvalue weighted by atomic mass is 9.99. The van der Waals surface area contributed by atoms with Crippen LogP contribution in [0.2, 0.25) is 0 Å². The minimum atomic E-state index is -3.70. The Balaban J connectivity index is 1.59. The molecule has 36 heavy (non-hydrogen) atoms. The summed E-state index contributed by atoms with van der Waals surface area (Å²) >= 11 is 0. The van der Waals surface area contributed by atoms with Crippen molar-refractivity contribution >= 4 is 26.5 Å². The van der Waals surface area contributed by atoms with Crippen LogP contribution in [-0.4, -0.2) is 52.7 Å². The molecule has 1 aromatic heterocycles. The highest BCUT2D eigenvalue weighted by Crippen LogP contribution is 2.29. The van der Waals surface area contributed by atoms with Gasteiger partial charge in [0.05, 0.1) is 17.2 Å². The van der Waals surface area contributed by atoms with Gasteiger partial charge in [0.25, 0.3) is 5.56 Å². The second-order valence-corrected chi connectivity index (χ2v) is 12.4.